The zero-order valence-electron chi connectivity index (χ0n) is 14.3. The molecule has 3 heterocycles. The predicted octanol–water partition coefficient (Wildman–Crippen LogP) is 2.46. The maximum atomic E-state index is 5.56. The van der Waals surface area contributed by atoms with E-state index in [1.807, 2.05) is 18.6 Å². The van der Waals surface area contributed by atoms with Crippen LogP contribution in [0.5, 0.6) is 0 Å². The van der Waals surface area contributed by atoms with Crippen LogP contribution in [-0.2, 0) is 16.7 Å². The number of aromatic amines is 1. The number of likely N-dealkylation sites (tertiary alicyclic amines) is 1. The monoisotopic (exact) mass is 315 g/mol. The highest BCUT2D eigenvalue weighted by molar-refractivity contribution is 5.11. The molecule has 124 valence electrons. The van der Waals surface area contributed by atoms with E-state index in [0.29, 0.717) is 0 Å². The van der Waals surface area contributed by atoms with Crippen molar-refractivity contribution in [3.63, 3.8) is 0 Å². The molecule has 0 radical (unpaired) electrons. The van der Waals surface area contributed by atoms with E-state index in [-0.39, 0.29) is 17.6 Å². The Labute approximate surface area is 137 Å². The topological polar surface area (TPSA) is 66.9 Å². The standard InChI is InChI=1S/C17H25N5O/c1-17(2,3)16-20-8-12(9-21-16)10-22-11-13(23-4)7-14(22)15-18-5-6-19-15/h5-6,8-9,13-14H,7,10-11H2,1-4H3,(H,18,19)/t13-,14?/m1/s1. The van der Waals surface area contributed by atoms with Crippen LogP contribution in [0.25, 0.3) is 0 Å². The van der Waals surface area contributed by atoms with E-state index in [0.717, 1.165) is 36.7 Å². The zero-order valence-corrected chi connectivity index (χ0v) is 14.3. The summed E-state index contributed by atoms with van der Waals surface area (Å²) in [5.41, 5.74) is 1.09. The molecule has 1 N–H and O–H groups in total. The third-order valence-electron chi connectivity index (χ3n) is 4.30. The van der Waals surface area contributed by atoms with Crippen LogP contribution >= 0.6 is 0 Å². The Morgan fingerprint density at radius 1 is 1.26 bits per heavy atom. The highest BCUT2D eigenvalue weighted by Gasteiger charge is 2.34. The first-order valence-electron chi connectivity index (χ1n) is 8.05. The maximum Gasteiger partial charge on any atom is 0.133 e. The summed E-state index contributed by atoms with van der Waals surface area (Å²) in [6.07, 6.45) is 8.73. The minimum atomic E-state index is -0.0238. The average molecular weight is 315 g/mol. The fraction of sp³-hybridized carbons (Fsp3) is 0.588. The van der Waals surface area contributed by atoms with Gasteiger partial charge in [-0.3, -0.25) is 4.90 Å². The highest BCUT2D eigenvalue weighted by Crippen LogP contribution is 2.32. The summed E-state index contributed by atoms with van der Waals surface area (Å²) in [5, 5.41) is 0. The fourth-order valence-electron chi connectivity index (χ4n) is 3.01. The van der Waals surface area contributed by atoms with E-state index >= 15 is 0 Å². The first-order chi connectivity index (χ1) is 11.0. The van der Waals surface area contributed by atoms with Gasteiger partial charge in [-0.1, -0.05) is 20.8 Å². The van der Waals surface area contributed by atoms with Crippen molar-refractivity contribution in [2.24, 2.45) is 0 Å². The Bertz CT molecular complexity index is 617. The quantitative estimate of drug-likeness (QED) is 0.939. The van der Waals surface area contributed by atoms with Crippen LogP contribution in [-0.4, -0.2) is 44.6 Å². The number of rotatable bonds is 4. The fourth-order valence-corrected chi connectivity index (χ4v) is 3.01. The summed E-state index contributed by atoms with van der Waals surface area (Å²) < 4.78 is 5.56. The van der Waals surface area contributed by atoms with Crippen LogP contribution in [0.1, 0.15) is 50.4 Å². The van der Waals surface area contributed by atoms with Crippen molar-refractivity contribution in [3.05, 3.63) is 42.0 Å². The molecule has 6 heteroatoms. The molecule has 3 rings (SSSR count). The molecule has 2 atom stereocenters. The molecule has 1 unspecified atom stereocenters. The van der Waals surface area contributed by atoms with E-state index in [1.165, 1.54) is 0 Å². The summed E-state index contributed by atoms with van der Waals surface area (Å²) in [6, 6.07) is 0.247. The van der Waals surface area contributed by atoms with Crippen molar-refractivity contribution in [2.75, 3.05) is 13.7 Å². The molecule has 0 amide bonds. The Hall–Kier alpha value is -1.79. The van der Waals surface area contributed by atoms with Crippen molar-refractivity contribution < 1.29 is 4.74 Å². The van der Waals surface area contributed by atoms with Crippen molar-refractivity contribution in [1.29, 1.82) is 0 Å². The van der Waals surface area contributed by atoms with Crippen LogP contribution < -0.4 is 0 Å². The highest BCUT2D eigenvalue weighted by atomic mass is 16.5. The van der Waals surface area contributed by atoms with E-state index < -0.39 is 0 Å². The molecule has 2 aromatic rings. The Kier molecular flexibility index (Phi) is 4.46. The SMILES string of the molecule is CO[C@@H]1CC(c2ncc[nH]2)N(Cc2cnc(C(C)(C)C)nc2)C1. The van der Waals surface area contributed by atoms with Gasteiger partial charge >= 0.3 is 0 Å². The second kappa shape index (κ2) is 6.37. The lowest BCUT2D eigenvalue weighted by Gasteiger charge is -2.23. The minimum Gasteiger partial charge on any atom is -0.380 e. The van der Waals surface area contributed by atoms with Gasteiger partial charge in [0.15, 0.2) is 0 Å². The second-order valence-corrected chi connectivity index (χ2v) is 7.18. The average Bonchev–Trinajstić information content (AvgIpc) is 3.15. The first kappa shape index (κ1) is 16.1. The maximum absolute atomic E-state index is 5.56. The summed E-state index contributed by atoms with van der Waals surface area (Å²) in [6.45, 7) is 8.06. The normalized spacial score (nSPS) is 22.6. The van der Waals surface area contributed by atoms with Crippen LogP contribution in [0.3, 0.4) is 0 Å². The molecule has 23 heavy (non-hydrogen) atoms. The predicted molar refractivity (Wildman–Crippen MR) is 87.9 cm³/mol. The van der Waals surface area contributed by atoms with Gasteiger partial charge in [-0.2, -0.15) is 0 Å². The third kappa shape index (κ3) is 3.59. The smallest absolute Gasteiger partial charge is 0.133 e. The molecule has 0 aliphatic carbocycles. The molecule has 0 spiro atoms. The molecule has 1 saturated heterocycles. The Morgan fingerprint density at radius 2 is 2.00 bits per heavy atom. The van der Waals surface area contributed by atoms with Gasteiger partial charge in [0.25, 0.3) is 0 Å². The lowest BCUT2D eigenvalue weighted by atomic mass is 9.96. The number of ether oxygens (including phenoxy) is 1. The molecule has 0 bridgehead atoms. The first-order valence-corrected chi connectivity index (χ1v) is 8.05. The summed E-state index contributed by atoms with van der Waals surface area (Å²) in [7, 11) is 1.77. The number of aromatic nitrogens is 4. The van der Waals surface area contributed by atoms with Gasteiger partial charge in [-0.15, -0.1) is 0 Å². The van der Waals surface area contributed by atoms with Crippen LogP contribution in [0.4, 0.5) is 0 Å². The van der Waals surface area contributed by atoms with Gasteiger partial charge in [0, 0.05) is 56.0 Å². The Morgan fingerprint density at radius 3 is 2.57 bits per heavy atom. The largest absolute Gasteiger partial charge is 0.380 e. The molecular formula is C17H25N5O. The lowest BCUT2D eigenvalue weighted by molar-refractivity contribution is 0.107. The van der Waals surface area contributed by atoms with Crippen molar-refractivity contribution in [1.82, 2.24) is 24.8 Å². The minimum absolute atomic E-state index is 0.0238. The second-order valence-electron chi connectivity index (χ2n) is 7.18. The number of nitrogens with one attached hydrogen (secondary N) is 1. The molecule has 0 saturated carbocycles. The molecular weight excluding hydrogens is 290 g/mol. The van der Waals surface area contributed by atoms with Crippen molar-refractivity contribution in [2.45, 2.75) is 51.3 Å². The van der Waals surface area contributed by atoms with Gasteiger partial charge in [0.1, 0.15) is 11.6 Å². The molecule has 0 aromatic carbocycles. The van der Waals surface area contributed by atoms with Gasteiger partial charge in [0.05, 0.1) is 12.1 Å². The van der Waals surface area contributed by atoms with Gasteiger partial charge in [-0.05, 0) is 6.42 Å². The van der Waals surface area contributed by atoms with E-state index in [9.17, 15) is 0 Å². The van der Waals surface area contributed by atoms with E-state index in [1.54, 1.807) is 13.3 Å². The Balaban J connectivity index is 1.75. The zero-order chi connectivity index (χ0) is 16.4. The van der Waals surface area contributed by atoms with E-state index in [4.69, 9.17) is 4.74 Å². The van der Waals surface area contributed by atoms with Crippen molar-refractivity contribution >= 4 is 0 Å². The number of methoxy groups -OCH3 is 1. The lowest BCUT2D eigenvalue weighted by Crippen LogP contribution is -2.26. The molecule has 1 aliphatic rings. The van der Waals surface area contributed by atoms with Gasteiger partial charge < -0.3 is 9.72 Å². The number of imidazole rings is 1. The summed E-state index contributed by atoms with van der Waals surface area (Å²) in [4.78, 5) is 19.1. The summed E-state index contributed by atoms with van der Waals surface area (Å²) in [5.74, 6) is 1.87. The molecule has 1 aliphatic heterocycles. The van der Waals surface area contributed by atoms with Gasteiger partial charge in [-0.25, -0.2) is 15.0 Å². The van der Waals surface area contributed by atoms with Crippen molar-refractivity contribution in [3.8, 4) is 0 Å². The third-order valence-corrected chi connectivity index (χ3v) is 4.30. The van der Waals surface area contributed by atoms with Crippen LogP contribution in [0.2, 0.25) is 0 Å². The number of hydrogen-bond donors (Lipinski definition) is 1. The summed E-state index contributed by atoms with van der Waals surface area (Å²) >= 11 is 0. The van der Waals surface area contributed by atoms with Crippen LogP contribution in [0.15, 0.2) is 24.8 Å². The molecule has 6 nitrogen and oxygen atoms in total. The van der Waals surface area contributed by atoms with E-state index in [2.05, 4.69) is 45.6 Å². The number of hydrogen-bond acceptors (Lipinski definition) is 5. The number of nitrogens with zero attached hydrogens (tertiary/aromatic N) is 4. The molecule has 2 aromatic heterocycles. The van der Waals surface area contributed by atoms with Crippen LogP contribution in [0, 0.1) is 0 Å². The molecule has 1 fully saturated rings. The number of H-pyrrole nitrogens is 1. The van der Waals surface area contributed by atoms with Gasteiger partial charge in [0.2, 0.25) is 0 Å².